The molecule has 3 heterocycles. The average molecular weight is 806 g/mol. The predicted molar refractivity (Wildman–Crippen MR) is 261 cm³/mol. The molecule has 0 radical (unpaired) electrons. The van der Waals surface area contributed by atoms with Crippen LogP contribution in [0.15, 0.2) is 224 Å². The van der Waals surface area contributed by atoms with Gasteiger partial charge in [0.15, 0.2) is 11.6 Å². The molecule has 8 aromatic carbocycles. The van der Waals surface area contributed by atoms with E-state index in [0.717, 1.165) is 82.7 Å². The number of rotatable bonds is 7. The first kappa shape index (κ1) is 36.4. The summed E-state index contributed by atoms with van der Waals surface area (Å²) in [6.45, 7) is 4.49. The van der Waals surface area contributed by atoms with Gasteiger partial charge < -0.3 is 4.57 Å². The van der Waals surface area contributed by atoms with Gasteiger partial charge in [0.1, 0.15) is 0 Å². The van der Waals surface area contributed by atoms with Crippen LogP contribution in [0.5, 0.6) is 0 Å². The van der Waals surface area contributed by atoms with Crippen LogP contribution in [0.25, 0.3) is 106 Å². The molecular formula is C58H39N5. The minimum atomic E-state index is 0.547. The SMILES string of the molecule is C=C1C=CC(c2ccccc2)=C(n2c3ccccc3c3ccc4c5ccccc5n(-c5nc(-c6ccccc6)nc(-c6ccccc6-c6ccccc6-c6ccccc6)n5)c4c32)C1. The molecule has 0 saturated carbocycles. The van der Waals surface area contributed by atoms with Crippen molar-refractivity contribution >= 4 is 54.9 Å². The summed E-state index contributed by atoms with van der Waals surface area (Å²) < 4.78 is 4.76. The van der Waals surface area contributed by atoms with E-state index >= 15 is 0 Å². The molecule has 0 atom stereocenters. The number of benzene rings is 8. The fraction of sp³-hybridized carbons (Fsp3) is 0.0172. The lowest BCUT2D eigenvalue weighted by atomic mass is 9.91. The van der Waals surface area contributed by atoms with Crippen molar-refractivity contribution in [2.24, 2.45) is 0 Å². The third-order valence-corrected chi connectivity index (χ3v) is 12.3. The molecule has 0 N–H and O–H groups in total. The van der Waals surface area contributed by atoms with E-state index in [-0.39, 0.29) is 0 Å². The molecule has 12 rings (SSSR count). The van der Waals surface area contributed by atoms with Gasteiger partial charge in [-0.25, -0.2) is 4.98 Å². The normalized spacial score (nSPS) is 12.9. The zero-order chi connectivity index (χ0) is 41.9. The predicted octanol–water partition coefficient (Wildman–Crippen LogP) is 14.6. The Hall–Kier alpha value is -8.41. The Morgan fingerprint density at radius 1 is 0.365 bits per heavy atom. The first-order valence-electron chi connectivity index (χ1n) is 21.4. The van der Waals surface area contributed by atoms with Gasteiger partial charge in [0.25, 0.3) is 0 Å². The molecule has 0 amide bonds. The number of para-hydroxylation sites is 2. The van der Waals surface area contributed by atoms with Gasteiger partial charge in [0.05, 0.1) is 22.1 Å². The summed E-state index contributed by atoms with van der Waals surface area (Å²) in [7, 11) is 0. The van der Waals surface area contributed by atoms with Gasteiger partial charge in [0, 0.05) is 50.4 Å². The van der Waals surface area contributed by atoms with Crippen molar-refractivity contribution in [3.8, 4) is 51.0 Å². The van der Waals surface area contributed by atoms with Gasteiger partial charge in [-0.05, 0) is 45.5 Å². The third-order valence-electron chi connectivity index (χ3n) is 12.3. The lowest BCUT2D eigenvalue weighted by Gasteiger charge is -2.22. The van der Waals surface area contributed by atoms with Crippen molar-refractivity contribution in [2.45, 2.75) is 6.42 Å². The Kier molecular flexibility index (Phi) is 8.64. The highest BCUT2D eigenvalue weighted by molar-refractivity contribution is 6.24. The van der Waals surface area contributed by atoms with Crippen LogP contribution in [0, 0.1) is 0 Å². The molecule has 5 nitrogen and oxygen atoms in total. The molecule has 1 aliphatic carbocycles. The van der Waals surface area contributed by atoms with Crippen LogP contribution in [0.4, 0.5) is 0 Å². The first-order chi connectivity index (χ1) is 31.2. The second kappa shape index (κ2) is 14.9. The number of aromatic nitrogens is 5. The van der Waals surface area contributed by atoms with Crippen molar-refractivity contribution < 1.29 is 0 Å². The Morgan fingerprint density at radius 3 is 1.49 bits per heavy atom. The molecule has 5 heteroatoms. The molecule has 0 fully saturated rings. The number of hydrogen-bond acceptors (Lipinski definition) is 3. The molecule has 3 aromatic heterocycles. The van der Waals surface area contributed by atoms with Crippen LogP contribution >= 0.6 is 0 Å². The minimum Gasteiger partial charge on any atom is -0.310 e. The Morgan fingerprint density at radius 2 is 0.841 bits per heavy atom. The van der Waals surface area contributed by atoms with E-state index in [1.54, 1.807) is 0 Å². The van der Waals surface area contributed by atoms with Gasteiger partial charge in [-0.15, -0.1) is 0 Å². The maximum absolute atomic E-state index is 5.53. The molecule has 0 bridgehead atoms. The monoisotopic (exact) mass is 805 g/mol. The largest absolute Gasteiger partial charge is 0.310 e. The fourth-order valence-corrected chi connectivity index (χ4v) is 9.54. The van der Waals surface area contributed by atoms with E-state index in [9.17, 15) is 0 Å². The first-order valence-corrected chi connectivity index (χ1v) is 21.4. The molecule has 63 heavy (non-hydrogen) atoms. The number of nitrogens with zero attached hydrogens (tertiary/aromatic N) is 5. The summed E-state index contributed by atoms with van der Waals surface area (Å²) in [5.41, 5.74) is 15.1. The van der Waals surface area contributed by atoms with Crippen molar-refractivity contribution in [1.29, 1.82) is 0 Å². The quantitative estimate of drug-likeness (QED) is 0.161. The molecular weight excluding hydrogens is 767 g/mol. The highest BCUT2D eigenvalue weighted by atomic mass is 15.2. The van der Waals surface area contributed by atoms with Crippen LogP contribution in [-0.4, -0.2) is 24.1 Å². The van der Waals surface area contributed by atoms with E-state index in [4.69, 9.17) is 15.0 Å². The second-order valence-electron chi connectivity index (χ2n) is 16.1. The topological polar surface area (TPSA) is 48.5 Å². The van der Waals surface area contributed by atoms with Crippen LogP contribution in [0.2, 0.25) is 0 Å². The van der Waals surface area contributed by atoms with Gasteiger partial charge in [-0.3, -0.25) is 4.57 Å². The summed E-state index contributed by atoms with van der Waals surface area (Å²) >= 11 is 0. The minimum absolute atomic E-state index is 0.547. The highest BCUT2D eigenvalue weighted by Crippen LogP contribution is 2.45. The average Bonchev–Trinajstić information content (AvgIpc) is 3.88. The molecule has 296 valence electrons. The van der Waals surface area contributed by atoms with Crippen LogP contribution in [0.3, 0.4) is 0 Å². The van der Waals surface area contributed by atoms with Crippen molar-refractivity contribution in [1.82, 2.24) is 24.1 Å². The van der Waals surface area contributed by atoms with Crippen LogP contribution < -0.4 is 0 Å². The summed E-state index contributed by atoms with van der Waals surface area (Å²) in [4.78, 5) is 16.3. The fourth-order valence-electron chi connectivity index (χ4n) is 9.54. The van der Waals surface area contributed by atoms with Gasteiger partial charge in [0.2, 0.25) is 5.95 Å². The smallest absolute Gasteiger partial charge is 0.238 e. The second-order valence-corrected chi connectivity index (χ2v) is 16.1. The Bertz CT molecular complexity index is 3650. The van der Waals surface area contributed by atoms with Crippen molar-refractivity contribution in [3.05, 3.63) is 230 Å². The van der Waals surface area contributed by atoms with Crippen LogP contribution in [0.1, 0.15) is 12.0 Å². The van der Waals surface area contributed by atoms with E-state index in [0.29, 0.717) is 24.0 Å². The van der Waals surface area contributed by atoms with E-state index in [1.807, 2.05) is 18.2 Å². The van der Waals surface area contributed by atoms with E-state index in [1.165, 1.54) is 16.7 Å². The van der Waals surface area contributed by atoms with Gasteiger partial charge in [-0.1, -0.05) is 207 Å². The molecule has 0 unspecified atom stereocenters. The Balaban J connectivity index is 1.20. The number of hydrogen-bond donors (Lipinski definition) is 0. The van der Waals surface area contributed by atoms with Crippen LogP contribution in [-0.2, 0) is 0 Å². The lowest BCUT2D eigenvalue weighted by molar-refractivity contribution is 0.953. The summed E-state index contributed by atoms with van der Waals surface area (Å²) in [5, 5.41) is 4.58. The van der Waals surface area contributed by atoms with Gasteiger partial charge >= 0.3 is 0 Å². The zero-order valence-electron chi connectivity index (χ0n) is 34.4. The highest BCUT2D eigenvalue weighted by Gasteiger charge is 2.26. The lowest BCUT2D eigenvalue weighted by Crippen LogP contribution is -2.08. The zero-order valence-corrected chi connectivity index (χ0v) is 34.4. The third kappa shape index (κ3) is 6.05. The Labute approximate surface area is 364 Å². The maximum Gasteiger partial charge on any atom is 0.238 e. The number of fused-ring (bicyclic) bond motifs is 7. The standard InChI is InChI=1S/C58H39N5/c1-38-33-34-43(40-21-7-3-8-22-40)53(37-38)62-51-31-17-15-28-46(51)48-35-36-49-47-29-16-18-32-52(47)63(55(49)54(48)62)58-60-56(41-23-9-4-10-24-41)59-57(61-58)50-30-14-13-27-45(50)44-26-12-11-25-42(44)39-19-5-2-6-20-39/h2-36H,1,37H2. The summed E-state index contributed by atoms with van der Waals surface area (Å²) in [6.07, 6.45) is 5.07. The molecule has 0 aliphatic heterocycles. The molecule has 0 spiro atoms. The van der Waals surface area contributed by atoms with E-state index in [2.05, 4.69) is 210 Å². The van der Waals surface area contributed by atoms with E-state index < -0.39 is 0 Å². The molecule has 0 saturated heterocycles. The van der Waals surface area contributed by atoms with Crippen molar-refractivity contribution in [2.75, 3.05) is 0 Å². The maximum atomic E-state index is 5.53. The van der Waals surface area contributed by atoms with Crippen molar-refractivity contribution in [3.63, 3.8) is 0 Å². The van der Waals surface area contributed by atoms with Gasteiger partial charge in [-0.2, -0.15) is 9.97 Å². The summed E-state index contributed by atoms with van der Waals surface area (Å²) in [5.74, 6) is 1.74. The summed E-state index contributed by atoms with van der Waals surface area (Å²) in [6, 6.07) is 70.5. The molecule has 11 aromatic rings. The molecule has 1 aliphatic rings. The number of allylic oxidation sites excluding steroid dienone is 5.